The van der Waals surface area contributed by atoms with Gasteiger partial charge in [0, 0.05) is 11.1 Å². The Morgan fingerprint density at radius 2 is 1.97 bits per heavy atom. The molecule has 11 heteroatoms. The SMILES string of the molecule is COc1cc(/C(C)=N/NC(=O)Cn2nc(C)c([N+](=O)[O-])c2C)ccc1OCc1ccccc1F. The van der Waals surface area contributed by atoms with Crippen LogP contribution in [0.4, 0.5) is 10.1 Å². The van der Waals surface area contributed by atoms with Crippen molar-refractivity contribution < 1.29 is 23.6 Å². The third-order valence-corrected chi connectivity index (χ3v) is 5.09. The number of methoxy groups -OCH3 is 1. The Hall–Kier alpha value is -4.28. The molecule has 0 radical (unpaired) electrons. The number of aryl methyl sites for hydroxylation is 1. The van der Waals surface area contributed by atoms with E-state index in [1.807, 2.05) is 0 Å². The standard InChI is InChI=1S/C23H24FN5O5/c1-14(25-26-22(30)12-28-16(3)23(29(31)32)15(2)27-28)17-9-10-20(21(11-17)33-4)34-13-18-7-5-6-8-19(18)24/h5-11H,12-13H2,1-4H3,(H,26,30)/b25-14+. The summed E-state index contributed by atoms with van der Waals surface area (Å²) >= 11 is 0. The second-order valence-corrected chi connectivity index (χ2v) is 7.41. The summed E-state index contributed by atoms with van der Waals surface area (Å²) in [6.45, 7) is 4.56. The van der Waals surface area contributed by atoms with E-state index < -0.39 is 10.8 Å². The Morgan fingerprint density at radius 1 is 1.24 bits per heavy atom. The van der Waals surface area contributed by atoms with Gasteiger partial charge in [0.05, 0.1) is 17.7 Å². The number of carbonyl (C=O) groups excluding carboxylic acids is 1. The molecule has 0 aliphatic rings. The van der Waals surface area contributed by atoms with E-state index in [9.17, 15) is 19.3 Å². The van der Waals surface area contributed by atoms with Crippen LogP contribution in [-0.4, -0.2) is 33.4 Å². The summed E-state index contributed by atoms with van der Waals surface area (Å²) in [5.74, 6) is 0.00524. The Morgan fingerprint density at radius 3 is 2.62 bits per heavy atom. The van der Waals surface area contributed by atoms with Crippen LogP contribution in [0.25, 0.3) is 0 Å². The number of ether oxygens (including phenoxy) is 2. The molecule has 0 saturated heterocycles. The Bertz CT molecular complexity index is 1250. The molecular weight excluding hydrogens is 445 g/mol. The first kappa shape index (κ1) is 24.4. The van der Waals surface area contributed by atoms with Gasteiger partial charge < -0.3 is 9.47 Å². The Labute approximate surface area is 195 Å². The third kappa shape index (κ3) is 5.55. The molecule has 0 spiro atoms. The van der Waals surface area contributed by atoms with Gasteiger partial charge in [-0.2, -0.15) is 10.2 Å². The van der Waals surface area contributed by atoms with Gasteiger partial charge >= 0.3 is 5.69 Å². The summed E-state index contributed by atoms with van der Waals surface area (Å²) in [5.41, 5.74) is 4.41. The lowest BCUT2D eigenvalue weighted by molar-refractivity contribution is -0.386. The monoisotopic (exact) mass is 469 g/mol. The molecule has 1 N–H and O–H groups in total. The van der Waals surface area contributed by atoms with Gasteiger partial charge in [-0.05, 0) is 45.0 Å². The minimum absolute atomic E-state index is 0.0377. The van der Waals surface area contributed by atoms with Gasteiger partial charge in [0.15, 0.2) is 11.5 Å². The number of carbonyl (C=O) groups is 1. The average molecular weight is 469 g/mol. The van der Waals surface area contributed by atoms with Crippen LogP contribution in [0, 0.1) is 29.8 Å². The normalized spacial score (nSPS) is 11.3. The molecule has 0 aliphatic heterocycles. The minimum atomic E-state index is -0.522. The van der Waals surface area contributed by atoms with E-state index in [1.165, 1.54) is 31.7 Å². The number of hydrogen-bond acceptors (Lipinski definition) is 7. The van der Waals surface area contributed by atoms with E-state index in [2.05, 4.69) is 15.6 Å². The van der Waals surface area contributed by atoms with Crippen LogP contribution in [0.3, 0.4) is 0 Å². The highest BCUT2D eigenvalue weighted by Gasteiger charge is 2.22. The van der Waals surface area contributed by atoms with Crippen LogP contribution >= 0.6 is 0 Å². The van der Waals surface area contributed by atoms with Crippen LogP contribution in [0.15, 0.2) is 47.6 Å². The lowest BCUT2D eigenvalue weighted by Crippen LogP contribution is -2.25. The van der Waals surface area contributed by atoms with E-state index in [0.29, 0.717) is 28.3 Å². The van der Waals surface area contributed by atoms with E-state index in [1.54, 1.807) is 43.3 Å². The molecule has 0 fully saturated rings. The second kappa shape index (κ2) is 10.6. The van der Waals surface area contributed by atoms with Crippen molar-refractivity contribution in [3.05, 3.63) is 80.9 Å². The largest absolute Gasteiger partial charge is 0.493 e. The number of hydrazone groups is 1. The molecule has 3 rings (SSSR count). The molecule has 0 aliphatic carbocycles. The molecule has 1 amide bonds. The summed E-state index contributed by atoms with van der Waals surface area (Å²) in [7, 11) is 1.48. The van der Waals surface area contributed by atoms with Crippen molar-refractivity contribution in [2.45, 2.75) is 33.9 Å². The van der Waals surface area contributed by atoms with Crippen LogP contribution in [0.1, 0.15) is 29.4 Å². The van der Waals surface area contributed by atoms with Gasteiger partial charge in [-0.1, -0.05) is 18.2 Å². The highest BCUT2D eigenvalue weighted by atomic mass is 19.1. The molecule has 0 bridgehead atoms. The Balaban J connectivity index is 1.67. The number of nitro groups is 1. The molecule has 0 saturated carbocycles. The quantitative estimate of drug-likeness (QED) is 0.290. The van der Waals surface area contributed by atoms with Crippen molar-refractivity contribution in [1.82, 2.24) is 15.2 Å². The van der Waals surface area contributed by atoms with Crippen LogP contribution < -0.4 is 14.9 Å². The van der Waals surface area contributed by atoms with Gasteiger partial charge in [-0.15, -0.1) is 0 Å². The van der Waals surface area contributed by atoms with E-state index in [4.69, 9.17) is 9.47 Å². The van der Waals surface area contributed by atoms with Crippen LogP contribution in [0.5, 0.6) is 11.5 Å². The van der Waals surface area contributed by atoms with Gasteiger partial charge in [0.2, 0.25) is 0 Å². The fraction of sp³-hybridized carbons (Fsp3) is 0.261. The first-order valence-corrected chi connectivity index (χ1v) is 10.3. The zero-order valence-corrected chi connectivity index (χ0v) is 19.2. The first-order valence-electron chi connectivity index (χ1n) is 10.3. The Kier molecular flexibility index (Phi) is 7.57. The molecule has 2 aromatic carbocycles. The molecule has 178 valence electrons. The van der Waals surface area contributed by atoms with Crippen LogP contribution in [-0.2, 0) is 17.9 Å². The second-order valence-electron chi connectivity index (χ2n) is 7.41. The van der Waals surface area contributed by atoms with Gasteiger partial charge in [-0.3, -0.25) is 19.6 Å². The van der Waals surface area contributed by atoms with Crippen molar-refractivity contribution in [2.75, 3.05) is 7.11 Å². The topological polar surface area (TPSA) is 121 Å². The number of amides is 1. The number of rotatable bonds is 9. The molecule has 3 aromatic rings. The van der Waals surface area contributed by atoms with Crippen molar-refractivity contribution >= 4 is 17.3 Å². The van der Waals surface area contributed by atoms with E-state index in [-0.39, 0.29) is 36.0 Å². The smallest absolute Gasteiger partial charge is 0.312 e. The summed E-state index contributed by atoms with van der Waals surface area (Å²) in [6.07, 6.45) is 0. The molecule has 0 atom stereocenters. The number of nitrogens with zero attached hydrogens (tertiary/aromatic N) is 4. The summed E-state index contributed by atoms with van der Waals surface area (Å²) in [4.78, 5) is 22.9. The van der Waals surface area contributed by atoms with Crippen molar-refractivity contribution in [3.8, 4) is 11.5 Å². The average Bonchev–Trinajstić information content (AvgIpc) is 3.09. The lowest BCUT2D eigenvalue weighted by Gasteiger charge is -2.13. The lowest BCUT2D eigenvalue weighted by atomic mass is 10.1. The summed E-state index contributed by atoms with van der Waals surface area (Å²) < 4.78 is 26.2. The summed E-state index contributed by atoms with van der Waals surface area (Å²) in [6, 6.07) is 11.4. The number of benzene rings is 2. The van der Waals surface area contributed by atoms with E-state index >= 15 is 0 Å². The predicted octanol–water partition coefficient (Wildman–Crippen LogP) is 3.68. The number of aromatic nitrogens is 2. The molecule has 1 heterocycles. The van der Waals surface area contributed by atoms with Gasteiger partial charge in [-0.25, -0.2) is 9.82 Å². The van der Waals surface area contributed by atoms with Gasteiger partial charge in [0.25, 0.3) is 5.91 Å². The maximum absolute atomic E-state index is 13.8. The highest BCUT2D eigenvalue weighted by molar-refractivity contribution is 5.99. The maximum atomic E-state index is 13.8. The van der Waals surface area contributed by atoms with E-state index in [0.717, 1.165) is 0 Å². The fourth-order valence-electron chi connectivity index (χ4n) is 3.27. The third-order valence-electron chi connectivity index (χ3n) is 5.09. The molecule has 0 unspecified atom stereocenters. The fourth-order valence-corrected chi connectivity index (χ4v) is 3.27. The van der Waals surface area contributed by atoms with Gasteiger partial charge in [0.1, 0.15) is 30.4 Å². The molecule has 34 heavy (non-hydrogen) atoms. The maximum Gasteiger partial charge on any atom is 0.312 e. The predicted molar refractivity (Wildman–Crippen MR) is 122 cm³/mol. The zero-order valence-electron chi connectivity index (χ0n) is 19.2. The number of nitrogens with one attached hydrogen (secondary N) is 1. The van der Waals surface area contributed by atoms with Crippen molar-refractivity contribution in [1.29, 1.82) is 0 Å². The molecular formula is C23H24FN5O5. The molecule has 10 nitrogen and oxygen atoms in total. The van der Waals surface area contributed by atoms with Crippen molar-refractivity contribution in [2.24, 2.45) is 5.10 Å². The molecule has 1 aromatic heterocycles. The first-order chi connectivity index (χ1) is 16.2. The number of hydrogen-bond donors (Lipinski definition) is 1. The zero-order chi connectivity index (χ0) is 24.8. The minimum Gasteiger partial charge on any atom is -0.493 e. The highest BCUT2D eigenvalue weighted by Crippen LogP contribution is 2.29. The number of halogens is 1. The van der Waals surface area contributed by atoms with Crippen molar-refractivity contribution in [3.63, 3.8) is 0 Å². The summed E-state index contributed by atoms with van der Waals surface area (Å²) in [5, 5.41) is 19.2. The van der Waals surface area contributed by atoms with Crippen LogP contribution in [0.2, 0.25) is 0 Å².